The monoisotopic (exact) mass is 436 g/mol. The highest BCUT2D eigenvalue weighted by Crippen LogP contribution is 2.29. The van der Waals surface area contributed by atoms with E-state index in [4.69, 9.17) is 5.73 Å². The highest BCUT2D eigenvalue weighted by Gasteiger charge is 2.19. The summed E-state index contributed by atoms with van der Waals surface area (Å²) >= 11 is 1.42. The fourth-order valence-electron chi connectivity index (χ4n) is 3.28. The maximum Gasteiger partial charge on any atom is 0.229 e. The molecule has 3 rings (SSSR count). The zero-order chi connectivity index (χ0) is 22.8. The first-order valence-electron chi connectivity index (χ1n) is 10.2. The van der Waals surface area contributed by atoms with E-state index in [9.17, 15) is 10.1 Å². The van der Waals surface area contributed by atoms with E-state index in [-0.39, 0.29) is 23.8 Å². The van der Waals surface area contributed by atoms with E-state index < -0.39 is 0 Å². The third-order valence-electron chi connectivity index (χ3n) is 4.67. The Morgan fingerprint density at radius 1 is 1.29 bits per heavy atom. The standard InChI is InChI=1S/C23H28N6OS/c1-14(2)29-22(25)18(13-24)21(27-29)16-8-6-15(7-9-16)10-20(30)26-19-11-17(31-28-19)12-23(3,4)5/h6-9,11,14H,10,12,25H2,1-5H3,(H,26,28,30). The van der Waals surface area contributed by atoms with Gasteiger partial charge in [-0.15, -0.1) is 0 Å². The molecule has 0 aliphatic heterocycles. The Labute approximate surface area is 187 Å². The summed E-state index contributed by atoms with van der Waals surface area (Å²) in [4.78, 5) is 13.6. The maximum atomic E-state index is 12.4. The first-order chi connectivity index (χ1) is 14.6. The SMILES string of the molecule is CC(C)n1nc(-c2ccc(CC(=O)Nc3cc(CC(C)(C)C)sn3)cc2)c(C#N)c1N. The molecule has 0 atom stereocenters. The Morgan fingerprint density at radius 2 is 1.97 bits per heavy atom. The van der Waals surface area contributed by atoms with Crippen LogP contribution in [0.4, 0.5) is 11.6 Å². The molecule has 31 heavy (non-hydrogen) atoms. The molecular formula is C23H28N6OS. The van der Waals surface area contributed by atoms with Gasteiger partial charge in [0.2, 0.25) is 5.91 Å². The average molecular weight is 437 g/mol. The molecule has 0 aliphatic rings. The van der Waals surface area contributed by atoms with Gasteiger partial charge in [-0.25, -0.2) is 4.68 Å². The molecule has 0 saturated heterocycles. The number of nitrogens with zero attached hydrogens (tertiary/aromatic N) is 4. The van der Waals surface area contributed by atoms with Crippen molar-refractivity contribution < 1.29 is 4.79 Å². The quantitative estimate of drug-likeness (QED) is 0.576. The zero-order valence-electron chi connectivity index (χ0n) is 18.6. The fraction of sp³-hybridized carbons (Fsp3) is 0.391. The van der Waals surface area contributed by atoms with Crippen molar-refractivity contribution in [3.63, 3.8) is 0 Å². The van der Waals surface area contributed by atoms with E-state index in [0.717, 1.165) is 22.4 Å². The van der Waals surface area contributed by atoms with E-state index in [2.05, 4.69) is 41.6 Å². The number of anilines is 2. The summed E-state index contributed by atoms with van der Waals surface area (Å²) in [5.41, 5.74) is 8.83. The first kappa shape index (κ1) is 22.5. The molecule has 0 bridgehead atoms. The Hall–Kier alpha value is -3.18. The maximum absolute atomic E-state index is 12.4. The van der Waals surface area contributed by atoms with Gasteiger partial charge in [-0.05, 0) is 48.8 Å². The second-order valence-electron chi connectivity index (χ2n) is 9.10. The van der Waals surface area contributed by atoms with E-state index >= 15 is 0 Å². The molecule has 162 valence electrons. The number of hydrogen-bond donors (Lipinski definition) is 2. The highest BCUT2D eigenvalue weighted by molar-refractivity contribution is 7.06. The van der Waals surface area contributed by atoms with Crippen LogP contribution < -0.4 is 11.1 Å². The minimum Gasteiger partial charge on any atom is -0.383 e. The van der Waals surface area contributed by atoms with Crippen LogP contribution in [0.15, 0.2) is 30.3 Å². The predicted octanol–water partition coefficient (Wildman–Crippen LogP) is 4.81. The molecule has 0 radical (unpaired) electrons. The minimum absolute atomic E-state index is 0.0541. The number of benzene rings is 1. The smallest absolute Gasteiger partial charge is 0.229 e. The molecule has 7 nitrogen and oxygen atoms in total. The fourth-order valence-corrected chi connectivity index (χ4v) is 4.26. The molecule has 0 spiro atoms. The Morgan fingerprint density at radius 3 is 2.55 bits per heavy atom. The van der Waals surface area contributed by atoms with Crippen LogP contribution in [0.2, 0.25) is 0 Å². The topological polar surface area (TPSA) is 110 Å². The van der Waals surface area contributed by atoms with Crippen molar-refractivity contribution in [2.24, 2.45) is 5.41 Å². The largest absolute Gasteiger partial charge is 0.383 e. The summed E-state index contributed by atoms with van der Waals surface area (Å²) < 4.78 is 5.99. The van der Waals surface area contributed by atoms with E-state index in [1.165, 1.54) is 11.5 Å². The molecule has 2 aromatic heterocycles. The lowest BCUT2D eigenvalue weighted by Crippen LogP contribution is -2.14. The third-order valence-corrected chi connectivity index (χ3v) is 5.46. The van der Waals surface area contributed by atoms with E-state index in [0.29, 0.717) is 22.9 Å². The second-order valence-corrected chi connectivity index (χ2v) is 9.99. The van der Waals surface area contributed by atoms with Gasteiger partial charge in [-0.1, -0.05) is 45.0 Å². The van der Waals surface area contributed by atoms with Crippen molar-refractivity contribution in [2.45, 2.75) is 53.5 Å². The normalized spacial score (nSPS) is 11.5. The molecule has 1 aromatic carbocycles. The summed E-state index contributed by atoms with van der Waals surface area (Å²) in [7, 11) is 0. The summed E-state index contributed by atoms with van der Waals surface area (Å²) in [6.07, 6.45) is 1.16. The number of nitriles is 1. The second kappa shape index (κ2) is 8.90. The predicted molar refractivity (Wildman–Crippen MR) is 125 cm³/mol. The van der Waals surface area contributed by atoms with Crippen molar-refractivity contribution in [3.8, 4) is 17.3 Å². The molecule has 2 heterocycles. The van der Waals surface area contributed by atoms with Crippen LogP contribution in [0, 0.1) is 16.7 Å². The van der Waals surface area contributed by atoms with E-state index in [1.54, 1.807) is 4.68 Å². The molecule has 0 fully saturated rings. The number of aromatic nitrogens is 3. The number of hydrogen-bond acceptors (Lipinski definition) is 6. The molecule has 0 saturated carbocycles. The Bertz CT molecular complexity index is 1110. The lowest BCUT2D eigenvalue weighted by molar-refractivity contribution is -0.115. The number of nitrogen functional groups attached to an aromatic ring is 1. The molecule has 0 unspecified atom stereocenters. The van der Waals surface area contributed by atoms with Crippen molar-refractivity contribution in [1.29, 1.82) is 5.26 Å². The van der Waals surface area contributed by atoms with Gasteiger partial charge in [0.05, 0.1) is 6.42 Å². The number of nitrogens with two attached hydrogens (primary N) is 1. The van der Waals surface area contributed by atoms with Crippen LogP contribution in [0.1, 0.15) is 56.7 Å². The summed E-state index contributed by atoms with van der Waals surface area (Å²) in [5.74, 6) is 0.843. The summed E-state index contributed by atoms with van der Waals surface area (Å²) in [6.45, 7) is 10.5. The van der Waals surface area contributed by atoms with Gasteiger partial charge in [-0.3, -0.25) is 4.79 Å². The minimum atomic E-state index is -0.119. The number of nitrogens with one attached hydrogen (secondary N) is 1. The van der Waals surface area contributed by atoms with Crippen molar-refractivity contribution >= 4 is 29.1 Å². The van der Waals surface area contributed by atoms with Gasteiger partial charge in [0.15, 0.2) is 0 Å². The van der Waals surface area contributed by atoms with Gasteiger partial charge in [0.1, 0.15) is 29.0 Å². The average Bonchev–Trinajstić information content (AvgIpc) is 3.24. The van der Waals surface area contributed by atoms with E-state index in [1.807, 2.05) is 44.2 Å². The molecule has 3 aromatic rings. The summed E-state index contributed by atoms with van der Waals surface area (Å²) in [6, 6.07) is 11.6. The van der Waals surface area contributed by atoms with Gasteiger partial charge in [0.25, 0.3) is 0 Å². The van der Waals surface area contributed by atoms with Gasteiger partial charge in [-0.2, -0.15) is 14.7 Å². The molecular weight excluding hydrogens is 408 g/mol. The molecule has 8 heteroatoms. The zero-order valence-corrected chi connectivity index (χ0v) is 19.4. The Kier molecular flexibility index (Phi) is 6.46. The highest BCUT2D eigenvalue weighted by atomic mass is 32.1. The van der Waals surface area contributed by atoms with Crippen LogP contribution in [0.3, 0.4) is 0 Å². The van der Waals surface area contributed by atoms with Crippen LogP contribution in [-0.2, 0) is 17.6 Å². The first-order valence-corrected chi connectivity index (χ1v) is 11.0. The van der Waals surface area contributed by atoms with Gasteiger partial charge >= 0.3 is 0 Å². The molecule has 0 aliphatic carbocycles. The van der Waals surface area contributed by atoms with Crippen molar-refractivity contribution in [1.82, 2.24) is 14.2 Å². The van der Waals surface area contributed by atoms with Crippen molar-refractivity contribution in [2.75, 3.05) is 11.1 Å². The number of carbonyl (C=O) groups excluding carboxylic acids is 1. The molecule has 1 amide bonds. The number of carbonyl (C=O) groups is 1. The summed E-state index contributed by atoms with van der Waals surface area (Å²) in [5, 5.41) is 16.9. The van der Waals surface area contributed by atoms with Crippen molar-refractivity contribution in [3.05, 3.63) is 46.3 Å². The Balaban J connectivity index is 1.68. The van der Waals surface area contributed by atoms with Crippen LogP contribution in [0.5, 0.6) is 0 Å². The lowest BCUT2D eigenvalue weighted by Gasteiger charge is -2.15. The van der Waals surface area contributed by atoms with Crippen LogP contribution in [0.25, 0.3) is 11.3 Å². The number of rotatable bonds is 6. The van der Waals surface area contributed by atoms with Crippen LogP contribution >= 0.6 is 11.5 Å². The van der Waals surface area contributed by atoms with Gasteiger partial charge < -0.3 is 11.1 Å². The number of amides is 1. The molecule has 3 N–H and O–H groups in total. The lowest BCUT2D eigenvalue weighted by atomic mass is 9.92. The third kappa shape index (κ3) is 5.50. The van der Waals surface area contributed by atoms with Crippen LogP contribution in [-0.4, -0.2) is 20.1 Å². The van der Waals surface area contributed by atoms with Gasteiger partial charge in [0, 0.05) is 16.5 Å².